The number of aromatic nitrogens is 1. The summed E-state index contributed by atoms with van der Waals surface area (Å²) in [6, 6.07) is 16.4. The number of nitrogens with zero attached hydrogens (tertiary/aromatic N) is 1. The van der Waals surface area contributed by atoms with Crippen LogP contribution in [0.25, 0.3) is 27.2 Å². The number of fused-ring (bicyclic) bond motifs is 8. The lowest BCUT2D eigenvalue weighted by atomic mass is 9.74. The van der Waals surface area contributed by atoms with Gasteiger partial charge in [-0.25, -0.2) is 0 Å². The van der Waals surface area contributed by atoms with Crippen molar-refractivity contribution in [3.8, 4) is 0 Å². The fraction of sp³-hybridized carbons (Fsp3) is 0.227. The Morgan fingerprint density at radius 3 is 2.52 bits per heavy atom. The Labute approximate surface area is 151 Å². The molecule has 2 heterocycles. The summed E-state index contributed by atoms with van der Waals surface area (Å²) in [5, 5.41) is 4.07. The van der Waals surface area contributed by atoms with Crippen LogP contribution in [0.2, 0.25) is 5.02 Å². The van der Waals surface area contributed by atoms with Gasteiger partial charge >= 0.3 is 0 Å². The van der Waals surface area contributed by atoms with E-state index >= 15 is 0 Å². The van der Waals surface area contributed by atoms with Crippen molar-refractivity contribution in [2.24, 2.45) is 5.41 Å². The molecule has 1 aliphatic carbocycles. The van der Waals surface area contributed by atoms with Crippen molar-refractivity contribution in [2.45, 2.75) is 26.7 Å². The molecule has 2 aromatic heterocycles. The van der Waals surface area contributed by atoms with Gasteiger partial charge < -0.3 is 4.40 Å². The number of carbonyl (C=O) groups excluding carboxylic acids is 1. The molecule has 0 unspecified atom stereocenters. The standard InChI is InChI=1S/C22H18ClNO/c1-22(2)11-19-21(20(25)12-22)16-6-4-3-5-15(16)18-9-13-7-8-14(23)10-17(13)24(18)19/h3-10H,11-12H2,1-2H3. The van der Waals surface area contributed by atoms with Crippen LogP contribution in [0.3, 0.4) is 0 Å². The molecule has 0 atom stereocenters. The molecule has 5 rings (SSSR count). The van der Waals surface area contributed by atoms with Crippen LogP contribution in [0, 0.1) is 5.41 Å². The second-order valence-electron chi connectivity index (χ2n) is 7.88. The number of hydrogen-bond acceptors (Lipinski definition) is 1. The van der Waals surface area contributed by atoms with Crippen molar-refractivity contribution in [3.63, 3.8) is 0 Å². The smallest absolute Gasteiger partial charge is 0.165 e. The third-order valence-electron chi connectivity index (χ3n) is 5.36. The molecule has 0 saturated heterocycles. The van der Waals surface area contributed by atoms with Crippen LogP contribution in [-0.4, -0.2) is 10.2 Å². The predicted octanol–water partition coefficient (Wildman–Crippen LogP) is 6.05. The number of benzene rings is 2. The van der Waals surface area contributed by atoms with Crippen molar-refractivity contribution < 1.29 is 4.79 Å². The van der Waals surface area contributed by atoms with Crippen LogP contribution in [0.15, 0.2) is 48.5 Å². The fourth-order valence-electron chi connectivity index (χ4n) is 4.37. The molecular formula is C22H18ClNO. The Morgan fingerprint density at radius 1 is 0.960 bits per heavy atom. The largest absolute Gasteiger partial charge is 0.312 e. The molecule has 0 saturated carbocycles. The molecule has 0 aliphatic heterocycles. The van der Waals surface area contributed by atoms with Crippen molar-refractivity contribution in [2.75, 3.05) is 0 Å². The maximum absolute atomic E-state index is 13.0. The second kappa shape index (κ2) is 4.86. The molecule has 2 aromatic carbocycles. The first-order chi connectivity index (χ1) is 11.9. The lowest BCUT2D eigenvalue weighted by Crippen LogP contribution is -2.29. The number of ketones is 1. The van der Waals surface area contributed by atoms with Crippen molar-refractivity contribution in [3.05, 3.63) is 64.8 Å². The Morgan fingerprint density at radius 2 is 1.72 bits per heavy atom. The lowest BCUT2D eigenvalue weighted by molar-refractivity contribution is 0.0912. The van der Waals surface area contributed by atoms with E-state index in [-0.39, 0.29) is 11.2 Å². The third-order valence-corrected chi connectivity index (χ3v) is 5.60. The van der Waals surface area contributed by atoms with Gasteiger partial charge in [0.05, 0.1) is 11.0 Å². The number of carbonyl (C=O) groups is 1. The summed E-state index contributed by atoms with van der Waals surface area (Å²) < 4.78 is 2.26. The molecule has 0 bridgehead atoms. The Balaban J connectivity index is 2.08. The number of Topliss-reactive ketones (excluding diaryl/α,β-unsaturated/α-hetero) is 1. The van der Waals surface area contributed by atoms with Crippen molar-refractivity contribution >= 4 is 44.6 Å². The Hall–Kier alpha value is -2.32. The molecule has 0 amide bonds. The molecule has 0 spiro atoms. The van der Waals surface area contributed by atoms with E-state index in [4.69, 9.17) is 11.6 Å². The van der Waals surface area contributed by atoms with E-state index in [2.05, 4.69) is 42.5 Å². The quantitative estimate of drug-likeness (QED) is 0.379. The van der Waals surface area contributed by atoms with Gasteiger partial charge in [0.1, 0.15) is 0 Å². The van der Waals surface area contributed by atoms with Gasteiger partial charge in [0, 0.05) is 33.5 Å². The number of pyridine rings is 1. The summed E-state index contributed by atoms with van der Waals surface area (Å²) in [5.41, 5.74) is 4.20. The highest BCUT2D eigenvalue weighted by molar-refractivity contribution is 6.31. The SMILES string of the molecule is CC1(C)CC(=O)c2c(n3c4cc(Cl)ccc4cc3c3ccccc23)C1. The molecule has 124 valence electrons. The van der Waals surface area contributed by atoms with Crippen LogP contribution >= 0.6 is 11.6 Å². The summed E-state index contributed by atoms with van der Waals surface area (Å²) in [4.78, 5) is 13.0. The summed E-state index contributed by atoms with van der Waals surface area (Å²) in [5.74, 6) is 0.244. The molecular weight excluding hydrogens is 330 g/mol. The van der Waals surface area contributed by atoms with Crippen molar-refractivity contribution in [1.82, 2.24) is 4.40 Å². The number of rotatable bonds is 0. The first kappa shape index (κ1) is 15.0. The first-order valence-electron chi connectivity index (χ1n) is 8.62. The van der Waals surface area contributed by atoms with Crippen LogP contribution in [0.4, 0.5) is 0 Å². The van der Waals surface area contributed by atoms with E-state index < -0.39 is 0 Å². The minimum absolute atomic E-state index is 0.0331. The average molecular weight is 348 g/mol. The van der Waals surface area contributed by atoms with E-state index in [1.54, 1.807) is 0 Å². The van der Waals surface area contributed by atoms with Crippen LogP contribution in [0.5, 0.6) is 0 Å². The van der Waals surface area contributed by atoms with Crippen LogP contribution in [0.1, 0.15) is 36.3 Å². The minimum atomic E-state index is -0.0331. The number of hydrogen-bond donors (Lipinski definition) is 0. The highest BCUT2D eigenvalue weighted by Crippen LogP contribution is 2.41. The van der Waals surface area contributed by atoms with Gasteiger partial charge in [-0.05, 0) is 35.4 Å². The predicted molar refractivity (Wildman–Crippen MR) is 104 cm³/mol. The molecule has 0 fully saturated rings. The zero-order chi connectivity index (χ0) is 17.3. The van der Waals surface area contributed by atoms with Gasteiger partial charge in [-0.1, -0.05) is 55.8 Å². The minimum Gasteiger partial charge on any atom is -0.312 e. The van der Waals surface area contributed by atoms with Crippen molar-refractivity contribution in [1.29, 1.82) is 0 Å². The summed E-state index contributed by atoms with van der Waals surface area (Å²) >= 11 is 6.28. The van der Waals surface area contributed by atoms with E-state index in [1.807, 2.05) is 24.3 Å². The Kier molecular flexibility index (Phi) is 2.91. The molecule has 25 heavy (non-hydrogen) atoms. The maximum Gasteiger partial charge on any atom is 0.165 e. The molecule has 0 N–H and O–H groups in total. The fourth-order valence-corrected chi connectivity index (χ4v) is 4.54. The monoisotopic (exact) mass is 347 g/mol. The maximum atomic E-state index is 13.0. The summed E-state index contributed by atoms with van der Waals surface area (Å²) in [7, 11) is 0. The topological polar surface area (TPSA) is 21.5 Å². The van der Waals surface area contributed by atoms with Gasteiger partial charge in [0.2, 0.25) is 0 Å². The molecule has 1 aliphatic rings. The zero-order valence-electron chi connectivity index (χ0n) is 14.3. The lowest BCUT2D eigenvalue weighted by Gasteiger charge is -2.32. The Bertz CT molecular complexity index is 1200. The summed E-state index contributed by atoms with van der Waals surface area (Å²) in [6.45, 7) is 4.35. The van der Waals surface area contributed by atoms with Crippen LogP contribution in [-0.2, 0) is 6.42 Å². The highest BCUT2D eigenvalue weighted by Gasteiger charge is 2.34. The third kappa shape index (κ3) is 2.07. The second-order valence-corrected chi connectivity index (χ2v) is 8.31. The van der Waals surface area contributed by atoms with E-state index in [9.17, 15) is 4.79 Å². The molecule has 2 nitrogen and oxygen atoms in total. The first-order valence-corrected chi connectivity index (χ1v) is 9.00. The number of halogens is 1. The van der Waals surface area contributed by atoms with E-state index in [1.165, 1.54) is 0 Å². The summed E-state index contributed by atoms with van der Waals surface area (Å²) in [6.07, 6.45) is 1.47. The highest BCUT2D eigenvalue weighted by atomic mass is 35.5. The molecule has 0 radical (unpaired) electrons. The van der Waals surface area contributed by atoms with Crippen LogP contribution < -0.4 is 0 Å². The van der Waals surface area contributed by atoms with Gasteiger partial charge in [0.25, 0.3) is 0 Å². The van der Waals surface area contributed by atoms with Gasteiger partial charge in [0.15, 0.2) is 5.78 Å². The average Bonchev–Trinajstić information content (AvgIpc) is 2.92. The van der Waals surface area contributed by atoms with E-state index in [0.29, 0.717) is 6.42 Å². The molecule has 4 aromatic rings. The van der Waals surface area contributed by atoms with E-state index in [0.717, 1.165) is 49.9 Å². The molecule has 3 heteroatoms. The van der Waals surface area contributed by atoms with Gasteiger partial charge in [-0.2, -0.15) is 0 Å². The van der Waals surface area contributed by atoms with Gasteiger partial charge in [-0.15, -0.1) is 0 Å². The normalized spacial score (nSPS) is 16.7. The van der Waals surface area contributed by atoms with Gasteiger partial charge in [-0.3, -0.25) is 4.79 Å². The zero-order valence-corrected chi connectivity index (χ0v) is 15.0.